The van der Waals surface area contributed by atoms with Crippen LogP contribution in [-0.2, 0) is 15.0 Å². The Hall–Kier alpha value is -2.79. The lowest BCUT2D eigenvalue weighted by Crippen LogP contribution is -2.52. The third kappa shape index (κ3) is 4.43. The molecule has 0 unspecified atom stereocenters. The molecule has 2 aromatic carbocycles. The Morgan fingerprint density at radius 1 is 1.22 bits per heavy atom. The molecule has 3 atom stereocenters. The molecule has 2 aromatic rings. The van der Waals surface area contributed by atoms with Gasteiger partial charge >= 0.3 is 0 Å². The van der Waals surface area contributed by atoms with Crippen LogP contribution in [0.1, 0.15) is 42.6 Å². The van der Waals surface area contributed by atoms with Crippen molar-refractivity contribution in [2.24, 2.45) is 5.92 Å². The number of fused-ring (bicyclic) bond motifs is 2. The first-order valence-corrected chi connectivity index (χ1v) is 12.7. The monoisotopic (exact) mass is 546 g/mol. The second kappa shape index (κ2) is 9.93. The molecule has 0 saturated carbocycles. The van der Waals surface area contributed by atoms with E-state index in [-0.39, 0.29) is 45.4 Å². The largest absolute Gasteiger partial charge is 0.330 e. The van der Waals surface area contributed by atoms with Crippen LogP contribution in [0.2, 0.25) is 15.1 Å². The molecule has 0 bridgehead atoms. The molecule has 4 rings (SSSR count). The van der Waals surface area contributed by atoms with E-state index in [0.717, 1.165) is 5.56 Å². The average Bonchev–Trinajstić information content (AvgIpc) is 3.34. The number of nitrogens with one attached hydrogen (secondary N) is 1. The van der Waals surface area contributed by atoms with E-state index in [1.54, 1.807) is 0 Å². The van der Waals surface area contributed by atoms with Crippen LogP contribution in [0.4, 0.5) is 5.69 Å². The number of rotatable bonds is 5. The van der Waals surface area contributed by atoms with Gasteiger partial charge in [0.15, 0.2) is 0 Å². The molecule has 0 radical (unpaired) electrons. The maximum atomic E-state index is 14.0. The molecule has 1 spiro atoms. The fourth-order valence-electron chi connectivity index (χ4n) is 5.11. The number of hydrogen-bond acceptors (Lipinski definition) is 4. The molecule has 2 aliphatic rings. The Morgan fingerprint density at radius 2 is 1.86 bits per heavy atom. The molecule has 1 saturated heterocycles. The summed E-state index contributed by atoms with van der Waals surface area (Å²) in [5.74, 6) is -1.12. The minimum atomic E-state index is -1.01. The number of hydrogen-bond donors (Lipinski definition) is 1. The van der Waals surface area contributed by atoms with Crippen LogP contribution in [-0.4, -0.2) is 53.2 Å². The SMILES string of the molecule is CC(C)C[C@@H](C(=O)N1C[C@]2(C[C@H]1C#N)C(=O)Nc1ccccc12)N(C)C(=O)c1c(Cl)cc(Cl)cc1Cl. The van der Waals surface area contributed by atoms with E-state index < -0.39 is 29.3 Å². The third-order valence-electron chi connectivity index (χ3n) is 6.90. The molecule has 36 heavy (non-hydrogen) atoms. The second-order valence-corrected chi connectivity index (χ2v) is 11.0. The van der Waals surface area contributed by atoms with Crippen molar-refractivity contribution in [3.63, 3.8) is 0 Å². The van der Waals surface area contributed by atoms with Crippen molar-refractivity contribution < 1.29 is 14.4 Å². The standard InChI is InChI=1S/C26H25Cl3N4O3/c1-14(2)8-21(32(3)24(35)22-18(28)9-15(27)10-19(22)29)23(34)33-13-26(11-16(33)12-30)17-6-4-5-7-20(17)31-25(26)36/h4-7,9-10,14,16,21H,8,11,13H2,1-3H3,(H,31,36)/t16-,21-,26-/m0/s1. The summed E-state index contributed by atoms with van der Waals surface area (Å²) >= 11 is 18.6. The smallest absolute Gasteiger partial charge is 0.257 e. The summed E-state index contributed by atoms with van der Waals surface area (Å²) < 4.78 is 0. The van der Waals surface area contributed by atoms with Gasteiger partial charge in [-0.1, -0.05) is 66.8 Å². The molecule has 7 nitrogen and oxygen atoms in total. The maximum absolute atomic E-state index is 14.0. The predicted molar refractivity (Wildman–Crippen MR) is 139 cm³/mol. The first-order chi connectivity index (χ1) is 17.0. The van der Waals surface area contributed by atoms with Gasteiger partial charge in [0, 0.05) is 30.7 Å². The molecule has 10 heteroatoms. The quantitative estimate of drug-likeness (QED) is 0.560. The fraction of sp³-hybridized carbons (Fsp3) is 0.385. The van der Waals surface area contributed by atoms with Crippen LogP contribution in [0.3, 0.4) is 0 Å². The lowest BCUT2D eigenvalue weighted by molar-refractivity contribution is -0.136. The van der Waals surface area contributed by atoms with Crippen molar-refractivity contribution in [2.45, 2.75) is 44.2 Å². The number of anilines is 1. The Balaban J connectivity index is 1.68. The third-order valence-corrected chi connectivity index (χ3v) is 7.72. The molecule has 2 aliphatic heterocycles. The van der Waals surface area contributed by atoms with E-state index in [1.165, 1.54) is 29.0 Å². The van der Waals surface area contributed by atoms with Gasteiger partial charge < -0.3 is 15.1 Å². The Morgan fingerprint density at radius 3 is 2.47 bits per heavy atom. The lowest BCUT2D eigenvalue weighted by Gasteiger charge is -2.33. The molecule has 1 N–H and O–H groups in total. The summed E-state index contributed by atoms with van der Waals surface area (Å²) in [5.41, 5.74) is 0.493. The fourth-order valence-corrected chi connectivity index (χ4v) is 6.09. The highest BCUT2D eigenvalue weighted by molar-refractivity contribution is 6.42. The van der Waals surface area contributed by atoms with E-state index in [0.29, 0.717) is 12.1 Å². The first-order valence-electron chi connectivity index (χ1n) is 11.5. The number of benzene rings is 2. The highest BCUT2D eigenvalue weighted by atomic mass is 35.5. The summed E-state index contributed by atoms with van der Waals surface area (Å²) in [7, 11) is 1.51. The van der Waals surface area contributed by atoms with Crippen molar-refractivity contribution >= 4 is 58.2 Å². The maximum Gasteiger partial charge on any atom is 0.257 e. The van der Waals surface area contributed by atoms with Crippen LogP contribution < -0.4 is 5.32 Å². The van der Waals surface area contributed by atoms with Gasteiger partial charge in [0.1, 0.15) is 12.1 Å². The zero-order chi connectivity index (χ0) is 26.4. The Labute approximate surface area is 224 Å². The second-order valence-electron chi connectivity index (χ2n) is 9.70. The summed E-state index contributed by atoms with van der Waals surface area (Å²) in [4.78, 5) is 43.3. The van der Waals surface area contributed by atoms with Crippen LogP contribution in [0.5, 0.6) is 0 Å². The zero-order valence-corrected chi connectivity index (χ0v) is 22.3. The highest BCUT2D eigenvalue weighted by Crippen LogP contribution is 2.46. The van der Waals surface area contributed by atoms with Gasteiger partial charge in [-0.3, -0.25) is 14.4 Å². The van der Waals surface area contributed by atoms with Gasteiger partial charge in [-0.05, 0) is 36.1 Å². The van der Waals surface area contributed by atoms with E-state index in [2.05, 4.69) is 11.4 Å². The highest BCUT2D eigenvalue weighted by Gasteiger charge is 2.56. The number of para-hydroxylation sites is 1. The van der Waals surface area contributed by atoms with Crippen molar-refractivity contribution in [1.82, 2.24) is 9.80 Å². The minimum Gasteiger partial charge on any atom is -0.330 e. The molecule has 3 amide bonds. The van der Waals surface area contributed by atoms with Crippen LogP contribution in [0.15, 0.2) is 36.4 Å². The van der Waals surface area contributed by atoms with Gasteiger partial charge in [0.05, 0.1) is 27.1 Å². The Kier molecular flexibility index (Phi) is 7.25. The van der Waals surface area contributed by atoms with Gasteiger partial charge in [-0.25, -0.2) is 0 Å². The zero-order valence-electron chi connectivity index (χ0n) is 20.0. The minimum absolute atomic E-state index is 0.0469. The number of likely N-dealkylation sites (tertiary alicyclic amines) is 1. The summed E-state index contributed by atoms with van der Waals surface area (Å²) in [6, 6.07) is 10.6. The van der Waals surface area contributed by atoms with Crippen molar-refractivity contribution in [1.29, 1.82) is 5.26 Å². The molecule has 0 aromatic heterocycles. The average molecular weight is 548 g/mol. The van der Waals surface area contributed by atoms with Crippen molar-refractivity contribution in [3.05, 3.63) is 62.6 Å². The van der Waals surface area contributed by atoms with Crippen LogP contribution in [0.25, 0.3) is 0 Å². The number of likely N-dealkylation sites (N-methyl/N-ethyl adjacent to an activating group) is 1. The predicted octanol–water partition coefficient (Wildman–Crippen LogP) is 5.15. The normalized spacial score (nSPS) is 21.3. The number of halogens is 3. The molecule has 1 fully saturated rings. The number of carbonyl (C=O) groups excluding carboxylic acids is 3. The molecular formula is C26H25Cl3N4O3. The molecule has 2 heterocycles. The van der Waals surface area contributed by atoms with Gasteiger partial charge in [-0.2, -0.15) is 5.26 Å². The van der Waals surface area contributed by atoms with Crippen molar-refractivity contribution in [3.8, 4) is 6.07 Å². The van der Waals surface area contributed by atoms with Crippen LogP contribution in [0, 0.1) is 17.2 Å². The van der Waals surface area contributed by atoms with Crippen LogP contribution >= 0.6 is 34.8 Å². The van der Waals surface area contributed by atoms with Gasteiger partial charge in [0.25, 0.3) is 5.91 Å². The number of amides is 3. The van der Waals surface area contributed by atoms with E-state index in [4.69, 9.17) is 34.8 Å². The summed E-state index contributed by atoms with van der Waals surface area (Å²) in [6.07, 6.45) is 0.521. The van der Waals surface area contributed by atoms with E-state index >= 15 is 0 Å². The molecule has 188 valence electrons. The van der Waals surface area contributed by atoms with E-state index in [1.807, 2.05) is 38.1 Å². The van der Waals surface area contributed by atoms with Gasteiger partial charge in [0.2, 0.25) is 11.8 Å². The number of nitrogens with zero attached hydrogens (tertiary/aromatic N) is 3. The summed E-state index contributed by atoms with van der Waals surface area (Å²) in [5, 5.41) is 13.3. The molecule has 0 aliphatic carbocycles. The number of nitriles is 1. The lowest BCUT2D eigenvalue weighted by atomic mass is 9.80. The number of carbonyl (C=O) groups is 3. The Bertz CT molecular complexity index is 1270. The van der Waals surface area contributed by atoms with Gasteiger partial charge in [-0.15, -0.1) is 0 Å². The molecular weight excluding hydrogens is 523 g/mol. The van der Waals surface area contributed by atoms with E-state index in [9.17, 15) is 19.6 Å². The van der Waals surface area contributed by atoms with Crippen molar-refractivity contribution in [2.75, 3.05) is 18.9 Å². The topological polar surface area (TPSA) is 93.5 Å². The summed E-state index contributed by atoms with van der Waals surface area (Å²) in [6.45, 7) is 3.93. The first kappa shape index (κ1) is 26.3.